The first-order valence-electron chi connectivity index (χ1n) is 7.55. The minimum atomic E-state index is -4.46. The third-order valence-corrected chi connectivity index (χ3v) is 3.86. The van der Waals surface area contributed by atoms with Crippen LogP contribution in [-0.4, -0.2) is 21.7 Å². The molecule has 2 aromatic carbocycles. The fourth-order valence-electron chi connectivity index (χ4n) is 2.37. The second-order valence-corrected chi connectivity index (χ2v) is 5.87. The zero-order valence-corrected chi connectivity index (χ0v) is 14.3. The Morgan fingerprint density at radius 2 is 1.89 bits per heavy atom. The van der Waals surface area contributed by atoms with Gasteiger partial charge in [0.2, 0.25) is 5.89 Å². The molecular weight excluding hydrogens is 389 g/mol. The van der Waals surface area contributed by atoms with Crippen LogP contribution in [0, 0.1) is 0 Å². The van der Waals surface area contributed by atoms with Crippen molar-refractivity contribution in [1.29, 1.82) is 0 Å². The molecule has 0 bridgehead atoms. The number of nitrogens with zero attached hydrogens (tertiary/aromatic N) is 2. The fraction of sp³-hybridized carbons (Fsp3) is 0.176. The third-order valence-electron chi connectivity index (χ3n) is 3.63. The number of aliphatic hydroxyl groups excluding tert-OH is 1. The summed E-state index contributed by atoms with van der Waals surface area (Å²) in [5, 5.41) is 13.3. The quantitative estimate of drug-likeness (QED) is 0.663. The van der Waals surface area contributed by atoms with Crippen LogP contribution < -0.4 is 10.5 Å². The number of aliphatic hydroxyl groups is 1. The summed E-state index contributed by atoms with van der Waals surface area (Å²) in [6.07, 6.45) is -4.46. The number of aromatic nitrogens is 2. The molecular formula is C17H12ClF3N2O4. The van der Waals surface area contributed by atoms with Crippen LogP contribution in [0.3, 0.4) is 0 Å². The molecule has 0 spiro atoms. The molecule has 0 amide bonds. The Kier molecular flexibility index (Phi) is 5.24. The Morgan fingerprint density at radius 1 is 1.19 bits per heavy atom. The van der Waals surface area contributed by atoms with E-state index in [0.717, 1.165) is 28.9 Å². The average Bonchev–Trinajstić information content (AvgIpc) is 2.97. The molecule has 0 unspecified atom stereocenters. The van der Waals surface area contributed by atoms with Gasteiger partial charge in [0.1, 0.15) is 5.75 Å². The minimum absolute atomic E-state index is 0.0706. The standard InChI is InChI=1S/C17H12ClF3N2O4/c18-13-5-6-14(26-9-24)11(7-13)8-23-16(25)27-15(22-23)10-1-3-12(4-2-10)17(19,20)21/h1-7,24H,8-9H2. The van der Waals surface area contributed by atoms with Gasteiger partial charge in [0.25, 0.3) is 0 Å². The lowest BCUT2D eigenvalue weighted by atomic mass is 10.1. The second kappa shape index (κ2) is 7.45. The highest BCUT2D eigenvalue weighted by Crippen LogP contribution is 2.30. The van der Waals surface area contributed by atoms with Gasteiger partial charge in [0, 0.05) is 16.1 Å². The zero-order valence-electron chi connectivity index (χ0n) is 13.5. The Bertz CT molecular complexity index is 997. The van der Waals surface area contributed by atoms with Crippen molar-refractivity contribution in [1.82, 2.24) is 9.78 Å². The SMILES string of the molecule is O=c1oc(-c2ccc(C(F)(F)F)cc2)nn1Cc1cc(Cl)ccc1OCO. The van der Waals surface area contributed by atoms with Gasteiger partial charge < -0.3 is 14.3 Å². The maximum atomic E-state index is 12.6. The molecule has 142 valence electrons. The van der Waals surface area contributed by atoms with E-state index in [0.29, 0.717) is 16.3 Å². The van der Waals surface area contributed by atoms with Crippen molar-refractivity contribution in [2.24, 2.45) is 0 Å². The number of rotatable bonds is 5. The fourth-order valence-corrected chi connectivity index (χ4v) is 2.56. The van der Waals surface area contributed by atoms with E-state index in [1.54, 1.807) is 6.07 Å². The molecule has 0 aliphatic rings. The maximum Gasteiger partial charge on any atom is 0.437 e. The van der Waals surface area contributed by atoms with Gasteiger partial charge in [-0.1, -0.05) is 11.6 Å². The normalized spacial score (nSPS) is 11.6. The Balaban J connectivity index is 1.90. The Morgan fingerprint density at radius 3 is 2.52 bits per heavy atom. The van der Waals surface area contributed by atoms with Crippen molar-refractivity contribution >= 4 is 11.6 Å². The highest BCUT2D eigenvalue weighted by molar-refractivity contribution is 6.30. The highest BCUT2D eigenvalue weighted by atomic mass is 35.5. The van der Waals surface area contributed by atoms with Crippen LogP contribution in [0.15, 0.2) is 51.7 Å². The smallest absolute Gasteiger partial charge is 0.437 e. The summed E-state index contributed by atoms with van der Waals surface area (Å²) >= 11 is 5.93. The number of halogens is 4. The van der Waals surface area contributed by atoms with Crippen molar-refractivity contribution < 1.29 is 27.4 Å². The molecule has 1 aromatic heterocycles. The van der Waals surface area contributed by atoms with Crippen LogP contribution in [0.5, 0.6) is 5.75 Å². The van der Waals surface area contributed by atoms with Crippen LogP contribution in [-0.2, 0) is 12.7 Å². The molecule has 3 aromatic rings. The lowest BCUT2D eigenvalue weighted by Gasteiger charge is -2.09. The van der Waals surface area contributed by atoms with E-state index in [1.165, 1.54) is 12.1 Å². The van der Waals surface area contributed by atoms with Gasteiger partial charge in [-0.25, -0.2) is 4.79 Å². The molecule has 0 fully saturated rings. The molecule has 0 radical (unpaired) electrons. The number of hydrogen-bond donors (Lipinski definition) is 1. The summed E-state index contributed by atoms with van der Waals surface area (Å²) < 4.78 is 48.9. The van der Waals surface area contributed by atoms with Crippen LogP contribution >= 0.6 is 11.6 Å². The van der Waals surface area contributed by atoms with Crippen LogP contribution in [0.25, 0.3) is 11.5 Å². The third kappa shape index (κ3) is 4.32. The van der Waals surface area contributed by atoms with Crippen LogP contribution in [0.2, 0.25) is 5.02 Å². The first-order chi connectivity index (χ1) is 12.8. The van der Waals surface area contributed by atoms with Gasteiger partial charge in [-0.05, 0) is 42.5 Å². The lowest BCUT2D eigenvalue weighted by Crippen LogP contribution is -2.17. The number of hydrogen-bond acceptors (Lipinski definition) is 5. The van der Waals surface area contributed by atoms with Crippen molar-refractivity contribution in [2.45, 2.75) is 12.7 Å². The van der Waals surface area contributed by atoms with Crippen LogP contribution in [0.4, 0.5) is 13.2 Å². The van der Waals surface area contributed by atoms with Crippen molar-refractivity contribution in [3.05, 3.63) is 69.2 Å². The molecule has 6 nitrogen and oxygen atoms in total. The minimum Gasteiger partial charge on any atom is -0.467 e. The predicted octanol–water partition coefficient (Wildman–Crippen LogP) is 3.55. The van der Waals surface area contributed by atoms with E-state index >= 15 is 0 Å². The van der Waals surface area contributed by atoms with Gasteiger partial charge >= 0.3 is 11.9 Å². The average molecular weight is 401 g/mol. The number of alkyl halides is 3. The molecule has 3 rings (SSSR count). The first kappa shape index (κ1) is 19.0. The molecule has 1 heterocycles. The van der Waals surface area contributed by atoms with E-state index in [2.05, 4.69) is 5.10 Å². The number of ether oxygens (including phenoxy) is 1. The monoisotopic (exact) mass is 400 g/mol. The zero-order chi connectivity index (χ0) is 19.6. The largest absolute Gasteiger partial charge is 0.467 e. The van der Waals surface area contributed by atoms with Gasteiger partial charge in [-0.3, -0.25) is 0 Å². The van der Waals surface area contributed by atoms with Gasteiger partial charge in [-0.2, -0.15) is 17.9 Å². The molecule has 10 heteroatoms. The molecule has 0 atom stereocenters. The van der Waals surface area contributed by atoms with Crippen molar-refractivity contribution in [3.8, 4) is 17.2 Å². The summed E-state index contributed by atoms with van der Waals surface area (Å²) in [6, 6.07) is 8.68. The summed E-state index contributed by atoms with van der Waals surface area (Å²) in [4.78, 5) is 12.0. The molecule has 27 heavy (non-hydrogen) atoms. The molecule has 0 aliphatic carbocycles. The van der Waals surface area contributed by atoms with Gasteiger partial charge in [0.05, 0.1) is 12.1 Å². The molecule has 0 saturated heterocycles. The topological polar surface area (TPSA) is 77.5 Å². The van der Waals surface area contributed by atoms with E-state index in [9.17, 15) is 18.0 Å². The van der Waals surface area contributed by atoms with E-state index in [1.807, 2.05) is 0 Å². The second-order valence-electron chi connectivity index (χ2n) is 5.43. The summed E-state index contributed by atoms with van der Waals surface area (Å²) in [7, 11) is 0. The van der Waals surface area contributed by atoms with Gasteiger partial charge in [-0.15, -0.1) is 5.10 Å². The summed E-state index contributed by atoms with van der Waals surface area (Å²) in [5.74, 6) is -0.631. The molecule has 0 saturated carbocycles. The van der Waals surface area contributed by atoms with Crippen molar-refractivity contribution in [2.75, 3.05) is 6.79 Å². The summed E-state index contributed by atoms with van der Waals surface area (Å²) in [5.41, 5.74) is -0.138. The van der Waals surface area contributed by atoms with E-state index in [4.69, 9.17) is 25.9 Å². The van der Waals surface area contributed by atoms with E-state index in [-0.39, 0.29) is 18.0 Å². The Labute approximate surface area is 155 Å². The number of benzene rings is 2. The van der Waals surface area contributed by atoms with Crippen LogP contribution in [0.1, 0.15) is 11.1 Å². The Hall–Kier alpha value is -2.78. The van der Waals surface area contributed by atoms with Crippen molar-refractivity contribution in [3.63, 3.8) is 0 Å². The first-order valence-corrected chi connectivity index (χ1v) is 7.93. The van der Waals surface area contributed by atoms with E-state index < -0.39 is 24.3 Å². The highest BCUT2D eigenvalue weighted by Gasteiger charge is 2.30. The maximum absolute atomic E-state index is 12.6. The molecule has 1 N–H and O–H groups in total. The summed E-state index contributed by atoms with van der Waals surface area (Å²) in [6.45, 7) is -0.641. The van der Waals surface area contributed by atoms with Gasteiger partial charge in [0.15, 0.2) is 6.79 Å². The lowest BCUT2D eigenvalue weighted by molar-refractivity contribution is -0.137. The predicted molar refractivity (Wildman–Crippen MR) is 89.5 cm³/mol. The molecule has 0 aliphatic heterocycles.